The van der Waals surface area contributed by atoms with Crippen molar-refractivity contribution in [3.63, 3.8) is 0 Å². The molecule has 0 fully saturated rings. The highest BCUT2D eigenvalue weighted by Gasteiger charge is 2.28. The van der Waals surface area contributed by atoms with Gasteiger partial charge >= 0.3 is 0 Å². The van der Waals surface area contributed by atoms with Gasteiger partial charge in [0.15, 0.2) is 9.84 Å². The molecule has 6 nitrogen and oxygen atoms in total. The standard InChI is InChI=1S/C14H27N3O3S/c1-12-13(10-15-6-8-20-5)11-16-17(12)7-9-21(18,19)14(2,3)4/h11,15H,6-10H2,1-5H3. The van der Waals surface area contributed by atoms with Gasteiger partial charge in [0.1, 0.15) is 0 Å². The van der Waals surface area contributed by atoms with E-state index in [9.17, 15) is 8.42 Å². The van der Waals surface area contributed by atoms with Crippen molar-refractivity contribution in [2.45, 2.75) is 45.5 Å². The molecule has 21 heavy (non-hydrogen) atoms. The molecule has 0 aromatic carbocycles. The molecule has 0 unspecified atom stereocenters. The Morgan fingerprint density at radius 2 is 2.05 bits per heavy atom. The highest BCUT2D eigenvalue weighted by Crippen LogP contribution is 2.17. The van der Waals surface area contributed by atoms with Crippen molar-refractivity contribution in [1.29, 1.82) is 0 Å². The summed E-state index contributed by atoms with van der Waals surface area (Å²) in [7, 11) is -1.45. The van der Waals surface area contributed by atoms with Crippen LogP contribution in [0.25, 0.3) is 0 Å². The van der Waals surface area contributed by atoms with Gasteiger partial charge in [-0.2, -0.15) is 5.10 Å². The van der Waals surface area contributed by atoms with E-state index in [0.29, 0.717) is 19.7 Å². The second-order valence-corrected chi connectivity index (χ2v) is 8.94. The molecule has 0 radical (unpaired) electrons. The summed E-state index contributed by atoms with van der Waals surface area (Å²) in [4.78, 5) is 0. The fourth-order valence-corrected chi connectivity index (χ4v) is 2.82. The third-order valence-corrected chi connectivity index (χ3v) is 6.09. The molecule has 1 N–H and O–H groups in total. The van der Waals surface area contributed by atoms with E-state index >= 15 is 0 Å². The van der Waals surface area contributed by atoms with Crippen molar-refractivity contribution in [1.82, 2.24) is 15.1 Å². The van der Waals surface area contributed by atoms with Crippen LogP contribution >= 0.6 is 0 Å². The van der Waals surface area contributed by atoms with Crippen LogP contribution in [0.5, 0.6) is 0 Å². The van der Waals surface area contributed by atoms with Gasteiger partial charge in [-0.15, -0.1) is 0 Å². The molecule has 0 saturated heterocycles. The van der Waals surface area contributed by atoms with Gasteiger partial charge in [0.25, 0.3) is 0 Å². The maximum absolute atomic E-state index is 12.1. The predicted octanol–water partition coefficient (Wildman–Crippen LogP) is 1.14. The lowest BCUT2D eigenvalue weighted by Gasteiger charge is -2.19. The van der Waals surface area contributed by atoms with Crippen LogP contribution in [-0.2, 0) is 27.7 Å². The Hall–Kier alpha value is -0.920. The Morgan fingerprint density at radius 1 is 1.38 bits per heavy atom. The summed E-state index contributed by atoms with van der Waals surface area (Å²) in [5.41, 5.74) is 2.09. The van der Waals surface area contributed by atoms with E-state index in [1.54, 1.807) is 38.8 Å². The van der Waals surface area contributed by atoms with Crippen LogP contribution in [0.1, 0.15) is 32.0 Å². The average Bonchev–Trinajstić information content (AvgIpc) is 2.72. The minimum absolute atomic E-state index is 0.107. The Morgan fingerprint density at radius 3 is 2.62 bits per heavy atom. The molecule has 0 amide bonds. The number of aromatic nitrogens is 2. The van der Waals surface area contributed by atoms with Gasteiger partial charge in [-0.3, -0.25) is 4.68 Å². The first-order chi connectivity index (χ1) is 9.69. The molecule has 1 heterocycles. The van der Waals surface area contributed by atoms with Gasteiger partial charge < -0.3 is 10.1 Å². The lowest BCUT2D eigenvalue weighted by molar-refractivity contribution is 0.199. The van der Waals surface area contributed by atoms with Gasteiger partial charge in [0.05, 0.1) is 29.8 Å². The Labute approximate surface area is 127 Å². The molecule has 122 valence electrons. The summed E-state index contributed by atoms with van der Waals surface area (Å²) >= 11 is 0. The van der Waals surface area contributed by atoms with Crippen molar-refractivity contribution < 1.29 is 13.2 Å². The second kappa shape index (κ2) is 7.38. The number of sulfone groups is 1. The summed E-state index contributed by atoms with van der Waals surface area (Å²) in [5, 5.41) is 7.54. The van der Waals surface area contributed by atoms with Crippen molar-refractivity contribution in [3.8, 4) is 0 Å². The highest BCUT2D eigenvalue weighted by molar-refractivity contribution is 7.92. The van der Waals surface area contributed by atoms with Crippen LogP contribution in [0.2, 0.25) is 0 Å². The fourth-order valence-electron chi connectivity index (χ4n) is 1.79. The third-order valence-electron chi connectivity index (χ3n) is 3.51. The zero-order valence-corrected chi connectivity index (χ0v) is 14.5. The van der Waals surface area contributed by atoms with E-state index < -0.39 is 14.6 Å². The number of ether oxygens (including phenoxy) is 1. The molecule has 0 bridgehead atoms. The normalized spacial score (nSPS) is 12.8. The summed E-state index contributed by atoms with van der Waals surface area (Å²) < 4.78 is 30.3. The first kappa shape index (κ1) is 18.1. The lowest BCUT2D eigenvalue weighted by atomic mass is 10.2. The van der Waals surface area contributed by atoms with Crippen LogP contribution < -0.4 is 5.32 Å². The van der Waals surface area contributed by atoms with Gasteiger partial charge in [0, 0.05) is 31.5 Å². The number of hydrogen-bond donors (Lipinski definition) is 1. The largest absolute Gasteiger partial charge is 0.383 e. The Kier molecular flexibility index (Phi) is 6.37. The Balaban J connectivity index is 2.60. The van der Waals surface area contributed by atoms with Crippen molar-refractivity contribution in [2.75, 3.05) is 26.0 Å². The molecule has 0 spiro atoms. The molecule has 0 atom stereocenters. The van der Waals surface area contributed by atoms with Crippen molar-refractivity contribution in [2.24, 2.45) is 0 Å². The SMILES string of the molecule is COCCNCc1cnn(CCS(=O)(=O)C(C)(C)C)c1C. The molecule has 0 aliphatic rings. The molecule has 0 aliphatic carbocycles. The number of hydrogen-bond acceptors (Lipinski definition) is 5. The molecular formula is C14H27N3O3S. The van der Waals surface area contributed by atoms with Crippen LogP contribution in [0.3, 0.4) is 0 Å². The Bertz CT molecular complexity index is 544. The molecule has 7 heteroatoms. The van der Waals surface area contributed by atoms with Crippen LogP contribution in [0, 0.1) is 6.92 Å². The quantitative estimate of drug-likeness (QED) is 0.728. The highest BCUT2D eigenvalue weighted by atomic mass is 32.2. The smallest absolute Gasteiger partial charge is 0.157 e. The maximum Gasteiger partial charge on any atom is 0.157 e. The fraction of sp³-hybridized carbons (Fsp3) is 0.786. The first-order valence-electron chi connectivity index (χ1n) is 7.12. The van der Waals surface area contributed by atoms with Gasteiger partial charge in [-0.25, -0.2) is 8.42 Å². The van der Waals surface area contributed by atoms with Crippen LogP contribution in [0.15, 0.2) is 6.20 Å². The maximum atomic E-state index is 12.1. The number of nitrogens with one attached hydrogen (secondary N) is 1. The van der Waals surface area contributed by atoms with E-state index in [2.05, 4.69) is 10.4 Å². The van der Waals surface area contributed by atoms with E-state index in [0.717, 1.165) is 17.8 Å². The zero-order chi connectivity index (χ0) is 16.1. The molecule has 1 aromatic heterocycles. The van der Waals surface area contributed by atoms with Crippen LogP contribution in [-0.4, -0.2) is 49.0 Å². The van der Waals surface area contributed by atoms with Gasteiger partial charge in [-0.05, 0) is 27.7 Å². The van der Waals surface area contributed by atoms with E-state index in [1.165, 1.54) is 0 Å². The molecular weight excluding hydrogens is 290 g/mol. The van der Waals surface area contributed by atoms with Gasteiger partial charge in [-0.1, -0.05) is 0 Å². The number of nitrogens with zero attached hydrogens (tertiary/aromatic N) is 2. The molecule has 1 rings (SSSR count). The van der Waals surface area contributed by atoms with E-state index in [1.807, 2.05) is 6.92 Å². The predicted molar refractivity (Wildman–Crippen MR) is 84.1 cm³/mol. The number of methoxy groups -OCH3 is 1. The van der Waals surface area contributed by atoms with E-state index in [4.69, 9.17) is 4.74 Å². The minimum atomic E-state index is -3.12. The number of aryl methyl sites for hydroxylation is 1. The lowest BCUT2D eigenvalue weighted by Crippen LogP contribution is -2.32. The van der Waals surface area contributed by atoms with Crippen LogP contribution in [0.4, 0.5) is 0 Å². The van der Waals surface area contributed by atoms with Gasteiger partial charge in [0.2, 0.25) is 0 Å². The molecule has 0 aliphatic heterocycles. The summed E-state index contributed by atoms with van der Waals surface area (Å²) in [6, 6.07) is 0. The second-order valence-electron chi connectivity index (χ2n) is 6.08. The zero-order valence-electron chi connectivity index (χ0n) is 13.6. The topological polar surface area (TPSA) is 73.2 Å². The minimum Gasteiger partial charge on any atom is -0.383 e. The van der Waals surface area contributed by atoms with E-state index in [-0.39, 0.29) is 5.75 Å². The summed E-state index contributed by atoms with van der Waals surface area (Å²) in [5.74, 6) is 0.107. The summed E-state index contributed by atoms with van der Waals surface area (Å²) in [6.07, 6.45) is 1.79. The average molecular weight is 317 g/mol. The third kappa shape index (κ3) is 5.09. The molecule has 1 aromatic rings. The van der Waals surface area contributed by atoms with Crippen molar-refractivity contribution in [3.05, 3.63) is 17.5 Å². The first-order valence-corrected chi connectivity index (χ1v) is 8.77. The monoisotopic (exact) mass is 317 g/mol. The molecule has 0 saturated carbocycles. The summed E-state index contributed by atoms with van der Waals surface area (Å²) in [6.45, 7) is 9.68. The van der Waals surface area contributed by atoms with Crippen molar-refractivity contribution >= 4 is 9.84 Å². The number of rotatable bonds is 8.